The Morgan fingerprint density at radius 3 is 2.50 bits per heavy atom. The summed E-state index contributed by atoms with van der Waals surface area (Å²) in [4.78, 5) is 16.1. The molecule has 0 spiro atoms. The molecule has 0 aliphatic carbocycles. The molecule has 8 heteroatoms. The molecule has 0 radical (unpaired) electrons. The van der Waals surface area contributed by atoms with Gasteiger partial charge in [0.05, 0.1) is 18.2 Å². The zero-order chi connectivity index (χ0) is 23.3. The number of aliphatic imine (C=N–C) groups is 1. The van der Waals surface area contributed by atoms with Crippen molar-refractivity contribution in [3.63, 3.8) is 0 Å². The normalized spacial score (nSPS) is 18.2. The molecule has 7 nitrogen and oxygen atoms in total. The van der Waals surface area contributed by atoms with E-state index in [0.29, 0.717) is 34.9 Å². The Kier molecular flexibility index (Phi) is 7.71. The van der Waals surface area contributed by atoms with E-state index < -0.39 is 12.0 Å². The molecule has 0 fully saturated rings. The Morgan fingerprint density at radius 1 is 1.16 bits per heavy atom. The van der Waals surface area contributed by atoms with Crippen molar-refractivity contribution in [3.05, 3.63) is 86.6 Å². The maximum Gasteiger partial charge on any atom is 0.261 e. The van der Waals surface area contributed by atoms with Gasteiger partial charge in [-0.05, 0) is 44.6 Å². The lowest BCUT2D eigenvalue weighted by Crippen LogP contribution is -2.40. The zero-order valence-electron chi connectivity index (χ0n) is 18.3. The average Bonchev–Trinajstić information content (AvgIpc) is 2.76. The van der Waals surface area contributed by atoms with Gasteiger partial charge in [-0.1, -0.05) is 48.0 Å². The van der Waals surface area contributed by atoms with E-state index >= 15 is 0 Å². The molecule has 2 aromatic carbocycles. The predicted octanol–water partition coefficient (Wildman–Crippen LogP) is 4.39. The first kappa shape index (κ1) is 23.6. The molecule has 1 N–H and O–H groups in total. The number of aryl methyl sites for hydroxylation is 1. The third-order valence-corrected chi connectivity index (χ3v) is 5.67. The van der Waals surface area contributed by atoms with Gasteiger partial charge in [0.2, 0.25) is 0 Å². The van der Waals surface area contributed by atoms with Crippen LogP contribution < -0.4 is 4.74 Å². The number of nitrogens with zero attached hydrogens (tertiary/aromatic N) is 2. The highest BCUT2D eigenvalue weighted by molar-refractivity contribution is 7.80. The lowest BCUT2D eigenvalue weighted by atomic mass is 9.80. The molecule has 168 valence electrons. The van der Waals surface area contributed by atoms with Crippen molar-refractivity contribution in [2.75, 3.05) is 13.2 Å². The van der Waals surface area contributed by atoms with E-state index in [0.717, 1.165) is 11.1 Å². The first-order valence-electron chi connectivity index (χ1n) is 10.3. The summed E-state index contributed by atoms with van der Waals surface area (Å²) >= 11 is 5.44. The van der Waals surface area contributed by atoms with E-state index in [2.05, 4.69) is 4.99 Å². The quantitative estimate of drug-likeness (QED) is 0.361. The fourth-order valence-electron chi connectivity index (χ4n) is 3.82. The summed E-state index contributed by atoms with van der Waals surface area (Å²) in [6, 6.07) is 14.1. The number of benzene rings is 2. The van der Waals surface area contributed by atoms with Crippen molar-refractivity contribution in [1.82, 2.24) is 0 Å². The van der Waals surface area contributed by atoms with Crippen LogP contribution in [0.2, 0.25) is 0 Å². The monoisotopic (exact) mass is 454 g/mol. The van der Waals surface area contributed by atoms with Gasteiger partial charge in [-0.15, -0.1) is 0 Å². The van der Waals surface area contributed by atoms with Gasteiger partial charge >= 0.3 is 0 Å². The molecule has 0 saturated heterocycles. The minimum Gasteiger partial charge on any atom is -0.489 e. The van der Waals surface area contributed by atoms with E-state index in [1.165, 1.54) is 0 Å². The lowest BCUT2D eigenvalue weighted by molar-refractivity contribution is -0.505. The van der Waals surface area contributed by atoms with Gasteiger partial charge in [0, 0.05) is 21.8 Å². The van der Waals surface area contributed by atoms with Crippen LogP contribution in [-0.2, 0) is 11.3 Å². The Bertz CT molecular complexity index is 1060. The molecule has 2 atom stereocenters. The third-order valence-electron chi connectivity index (χ3n) is 5.33. The van der Waals surface area contributed by atoms with Crippen LogP contribution >= 0.6 is 12.2 Å². The molecule has 0 amide bonds. The summed E-state index contributed by atoms with van der Waals surface area (Å²) in [6.07, 6.45) is 0. The van der Waals surface area contributed by atoms with E-state index in [1.54, 1.807) is 19.9 Å². The average molecular weight is 455 g/mol. The van der Waals surface area contributed by atoms with Crippen molar-refractivity contribution < 1.29 is 19.5 Å². The molecule has 0 bridgehead atoms. The number of aliphatic hydroxyl groups excluding tert-OH is 1. The molecule has 32 heavy (non-hydrogen) atoms. The fraction of sp³-hybridized carbons (Fsp3) is 0.333. The van der Waals surface area contributed by atoms with E-state index in [-0.39, 0.29) is 23.2 Å². The molecule has 1 aliphatic rings. The van der Waals surface area contributed by atoms with E-state index in [9.17, 15) is 10.1 Å². The fourth-order valence-corrected chi connectivity index (χ4v) is 4.18. The summed E-state index contributed by atoms with van der Waals surface area (Å²) in [5.74, 6) is -0.196. The van der Waals surface area contributed by atoms with Crippen molar-refractivity contribution in [1.29, 1.82) is 0 Å². The number of aliphatic hydroxyl groups is 1. The number of allylic oxidation sites excluding steroid dienone is 1. The summed E-state index contributed by atoms with van der Waals surface area (Å²) < 4.78 is 11.6. The highest BCUT2D eigenvalue weighted by Crippen LogP contribution is 2.41. The number of thiocarbonyl (C=S) groups is 1. The van der Waals surface area contributed by atoms with Crippen molar-refractivity contribution in [2.45, 2.75) is 39.3 Å². The summed E-state index contributed by atoms with van der Waals surface area (Å²) in [6.45, 7) is 5.53. The molecule has 0 saturated carbocycles. The Morgan fingerprint density at radius 2 is 1.84 bits per heavy atom. The zero-order valence-corrected chi connectivity index (χ0v) is 19.1. The Hall–Kier alpha value is -3.10. The maximum absolute atomic E-state index is 12.1. The van der Waals surface area contributed by atoms with E-state index in [4.69, 9.17) is 26.8 Å². The van der Waals surface area contributed by atoms with Crippen LogP contribution in [0.5, 0.6) is 5.75 Å². The first-order valence-corrected chi connectivity index (χ1v) is 10.7. The second kappa shape index (κ2) is 10.5. The van der Waals surface area contributed by atoms with Gasteiger partial charge in [0.1, 0.15) is 19.0 Å². The highest BCUT2D eigenvalue weighted by Gasteiger charge is 2.44. The largest absolute Gasteiger partial charge is 0.489 e. The van der Waals surface area contributed by atoms with Gasteiger partial charge in [-0.3, -0.25) is 15.1 Å². The number of ether oxygens (including phenoxy) is 2. The Labute approximate surface area is 192 Å². The minimum absolute atomic E-state index is 0.000266. The van der Waals surface area contributed by atoms with Gasteiger partial charge in [0.25, 0.3) is 6.04 Å². The van der Waals surface area contributed by atoms with Crippen LogP contribution in [0.3, 0.4) is 0 Å². The number of nitro groups is 1. The molecule has 3 rings (SSSR count). The lowest BCUT2D eigenvalue weighted by Gasteiger charge is -2.30. The SMILES string of the molecule is CC1=NC(C)=C(C(=S)OCCO)C(c2ccccc2OCc2ccc(C)cc2)C1[N+](=O)[O-]. The van der Waals surface area contributed by atoms with Crippen LogP contribution in [0.1, 0.15) is 36.5 Å². The number of hydrogen-bond acceptors (Lipinski definition) is 7. The second-order valence-electron chi connectivity index (χ2n) is 7.63. The molecule has 1 aliphatic heterocycles. The minimum atomic E-state index is -1.12. The number of hydrogen-bond donors (Lipinski definition) is 1. The van der Waals surface area contributed by atoms with Crippen LogP contribution in [0.25, 0.3) is 0 Å². The standard InChI is InChI=1S/C24H26N2O5S/c1-15-8-10-18(11-9-15)14-31-20-7-5-4-6-19(20)22-21(24(32)30-13-12-27)16(2)25-17(3)23(22)26(28)29/h4-11,22-23,27H,12-14H2,1-3H3. The first-order chi connectivity index (χ1) is 15.3. The maximum atomic E-state index is 12.1. The molecule has 2 aromatic rings. The Balaban J connectivity index is 2.03. The summed E-state index contributed by atoms with van der Waals surface area (Å²) in [5, 5.41) is 21.3. The van der Waals surface area contributed by atoms with Crippen LogP contribution in [0.4, 0.5) is 0 Å². The molecule has 0 aromatic heterocycles. The number of para-hydroxylation sites is 1. The molecule has 1 heterocycles. The highest BCUT2D eigenvalue weighted by atomic mass is 32.1. The second-order valence-corrected chi connectivity index (χ2v) is 8.00. The van der Waals surface area contributed by atoms with Gasteiger partial charge in [-0.25, -0.2) is 0 Å². The number of rotatable bonds is 8. The van der Waals surface area contributed by atoms with Crippen LogP contribution in [0.15, 0.2) is 64.8 Å². The van der Waals surface area contributed by atoms with Crippen molar-refractivity contribution in [2.24, 2.45) is 4.99 Å². The molecule has 2 unspecified atom stereocenters. The predicted molar refractivity (Wildman–Crippen MR) is 127 cm³/mol. The van der Waals surface area contributed by atoms with Gasteiger partial charge in [0.15, 0.2) is 5.05 Å². The summed E-state index contributed by atoms with van der Waals surface area (Å²) in [7, 11) is 0. The summed E-state index contributed by atoms with van der Waals surface area (Å²) in [5.41, 5.74) is 4.20. The topological polar surface area (TPSA) is 94.2 Å². The van der Waals surface area contributed by atoms with E-state index in [1.807, 2.05) is 49.4 Å². The van der Waals surface area contributed by atoms with Gasteiger partial charge in [-0.2, -0.15) is 0 Å². The molecular formula is C24H26N2O5S. The van der Waals surface area contributed by atoms with Crippen LogP contribution in [-0.4, -0.2) is 40.0 Å². The smallest absolute Gasteiger partial charge is 0.261 e. The van der Waals surface area contributed by atoms with Gasteiger partial charge < -0.3 is 14.6 Å². The van der Waals surface area contributed by atoms with Crippen molar-refractivity contribution in [3.8, 4) is 5.75 Å². The molecular weight excluding hydrogens is 428 g/mol. The third kappa shape index (κ3) is 5.20. The van der Waals surface area contributed by atoms with Crippen LogP contribution in [0, 0.1) is 17.0 Å². The van der Waals surface area contributed by atoms with Crippen molar-refractivity contribution >= 4 is 23.0 Å².